The summed E-state index contributed by atoms with van der Waals surface area (Å²) >= 11 is 0. The molecular formula is C40H50N4O7. The molecule has 11 heteroatoms. The maximum absolute atomic E-state index is 13.6. The molecule has 0 aliphatic carbocycles. The SMILES string of the molecule is CC(C)(C)OC(=O)NC(Cc1ccc2ccccc2c1)C(=O)NCCC(CO)NC(=O)C(Cc1ccc2ccccc2c1)NC(=O)OC(C)(C)C. The van der Waals surface area contributed by atoms with Crippen molar-refractivity contribution in [3.05, 3.63) is 96.1 Å². The van der Waals surface area contributed by atoms with Gasteiger partial charge in [-0.15, -0.1) is 0 Å². The van der Waals surface area contributed by atoms with E-state index in [1.807, 2.05) is 84.9 Å². The van der Waals surface area contributed by atoms with Crippen LogP contribution >= 0.6 is 0 Å². The van der Waals surface area contributed by atoms with Crippen LogP contribution in [0.4, 0.5) is 9.59 Å². The first-order chi connectivity index (χ1) is 24.1. The van der Waals surface area contributed by atoms with Crippen LogP contribution in [0.5, 0.6) is 0 Å². The highest BCUT2D eigenvalue weighted by molar-refractivity contribution is 5.88. The number of aliphatic hydroxyl groups excluding tert-OH is 1. The smallest absolute Gasteiger partial charge is 0.408 e. The molecule has 0 bridgehead atoms. The number of carbonyl (C=O) groups excluding carboxylic acids is 4. The van der Waals surface area contributed by atoms with Gasteiger partial charge < -0.3 is 35.8 Å². The van der Waals surface area contributed by atoms with Gasteiger partial charge in [0, 0.05) is 19.4 Å². The van der Waals surface area contributed by atoms with Crippen LogP contribution in [0.15, 0.2) is 84.9 Å². The van der Waals surface area contributed by atoms with Crippen LogP contribution in [0.2, 0.25) is 0 Å². The molecule has 4 rings (SSSR count). The number of hydrogen-bond acceptors (Lipinski definition) is 7. The lowest BCUT2D eigenvalue weighted by Crippen LogP contribution is -2.53. The van der Waals surface area contributed by atoms with Crippen LogP contribution in [-0.4, -0.2) is 71.6 Å². The van der Waals surface area contributed by atoms with E-state index in [1.54, 1.807) is 41.5 Å². The third-order valence-electron chi connectivity index (χ3n) is 7.88. The third-order valence-corrected chi connectivity index (χ3v) is 7.88. The summed E-state index contributed by atoms with van der Waals surface area (Å²) in [6.07, 6.45) is -0.899. The van der Waals surface area contributed by atoms with Gasteiger partial charge in [0.25, 0.3) is 0 Å². The lowest BCUT2D eigenvalue weighted by atomic mass is 10.0. The zero-order valence-electron chi connectivity index (χ0n) is 30.2. The summed E-state index contributed by atoms with van der Waals surface area (Å²) in [6.45, 7) is 10.1. The minimum absolute atomic E-state index is 0.0867. The molecule has 0 radical (unpaired) electrons. The van der Waals surface area contributed by atoms with E-state index in [0.717, 1.165) is 32.7 Å². The highest BCUT2D eigenvalue weighted by atomic mass is 16.6. The standard InChI is InChI=1S/C40H50N4O7/c1-39(2,3)50-37(48)43-33(23-26-15-17-28-11-7-9-13-30(28)21-26)35(46)41-20-19-32(25-45)42-36(47)34(44-38(49)51-40(4,5)6)24-27-16-18-29-12-8-10-14-31(29)22-27/h7-18,21-22,32-34,45H,19-20,23-25H2,1-6H3,(H,41,46)(H,42,47)(H,43,48)(H,44,49). The summed E-state index contributed by atoms with van der Waals surface area (Å²) in [4.78, 5) is 52.5. The Kier molecular flexibility index (Phi) is 13.0. The van der Waals surface area contributed by atoms with Crippen molar-refractivity contribution < 1.29 is 33.8 Å². The maximum Gasteiger partial charge on any atom is 0.408 e. The molecule has 3 atom stereocenters. The topological polar surface area (TPSA) is 155 Å². The average Bonchev–Trinajstić information content (AvgIpc) is 3.05. The largest absolute Gasteiger partial charge is 0.444 e. The maximum atomic E-state index is 13.6. The molecule has 272 valence electrons. The number of benzene rings is 4. The average molecular weight is 699 g/mol. The molecule has 0 aliphatic heterocycles. The van der Waals surface area contributed by atoms with E-state index in [2.05, 4.69) is 21.3 Å². The van der Waals surface area contributed by atoms with Gasteiger partial charge in [-0.05, 0) is 80.6 Å². The van der Waals surface area contributed by atoms with Crippen molar-refractivity contribution in [1.82, 2.24) is 21.3 Å². The molecule has 0 saturated carbocycles. The minimum Gasteiger partial charge on any atom is -0.444 e. The van der Waals surface area contributed by atoms with E-state index in [-0.39, 0.29) is 25.8 Å². The fourth-order valence-corrected chi connectivity index (χ4v) is 5.52. The van der Waals surface area contributed by atoms with Crippen LogP contribution in [0.3, 0.4) is 0 Å². The van der Waals surface area contributed by atoms with Crippen LogP contribution in [-0.2, 0) is 31.9 Å². The number of ether oxygens (including phenoxy) is 2. The lowest BCUT2D eigenvalue weighted by molar-refractivity contribution is -0.124. The molecule has 0 aliphatic rings. The molecule has 0 saturated heterocycles. The van der Waals surface area contributed by atoms with Crippen LogP contribution in [0.1, 0.15) is 59.1 Å². The molecule has 4 aromatic rings. The number of rotatable bonds is 13. The van der Waals surface area contributed by atoms with E-state index in [0.29, 0.717) is 0 Å². The molecule has 11 nitrogen and oxygen atoms in total. The Balaban J connectivity index is 1.41. The van der Waals surface area contributed by atoms with E-state index >= 15 is 0 Å². The highest BCUT2D eigenvalue weighted by Gasteiger charge is 2.28. The fraction of sp³-hybridized carbons (Fsp3) is 0.400. The Morgan fingerprint density at radius 1 is 0.608 bits per heavy atom. The van der Waals surface area contributed by atoms with Gasteiger partial charge in [-0.1, -0.05) is 84.9 Å². The van der Waals surface area contributed by atoms with E-state index in [1.165, 1.54) is 0 Å². The third kappa shape index (κ3) is 12.6. The first-order valence-corrected chi connectivity index (χ1v) is 17.2. The Hall–Kier alpha value is -5.16. The summed E-state index contributed by atoms with van der Waals surface area (Å²) in [5, 5.41) is 25.3. The van der Waals surface area contributed by atoms with Gasteiger partial charge in [-0.3, -0.25) is 9.59 Å². The van der Waals surface area contributed by atoms with Crippen LogP contribution in [0, 0.1) is 0 Å². The number of fused-ring (bicyclic) bond motifs is 2. The zero-order valence-corrected chi connectivity index (χ0v) is 30.2. The van der Waals surface area contributed by atoms with Crippen molar-refractivity contribution in [2.24, 2.45) is 0 Å². The number of aliphatic hydroxyl groups is 1. The first kappa shape index (κ1) is 38.6. The molecule has 0 heterocycles. The molecule has 4 amide bonds. The summed E-state index contributed by atoms with van der Waals surface area (Å²) in [7, 11) is 0. The molecule has 0 fully saturated rings. The number of alkyl carbamates (subject to hydrolysis) is 2. The monoisotopic (exact) mass is 698 g/mol. The van der Waals surface area contributed by atoms with Gasteiger partial charge in [0.15, 0.2) is 0 Å². The second-order valence-corrected chi connectivity index (χ2v) is 14.6. The van der Waals surface area contributed by atoms with Gasteiger partial charge in [0.05, 0.1) is 12.6 Å². The molecule has 0 aromatic heterocycles. The van der Waals surface area contributed by atoms with Crippen molar-refractivity contribution in [1.29, 1.82) is 0 Å². The minimum atomic E-state index is -1.01. The van der Waals surface area contributed by atoms with E-state index in [9.17, 15) is 24.3 Å². The summed E-state index contributed by atoms with van der Waals surface area (Å²) in [5.74, 6) is -0.960. The molecule has 4 aromatic carbocycles. The first-order valence-electron chi connectivity index (χ1n) is 17.2. The van der Waals surface area contributed by atoms with Crippen LogP contribution in [0.25, 0.3) is 21.5 Å². The van der Waals surface area contributed by atoms with Gasteiger partial charge in [0.1, 0.15) is 23.3 Å². The van der Waals surface area contributed by atoms with Gasteiger partial charge in [-0.25, -0.2) is 9.59 Å². The van der Waals surface area contributed by atoms with Crippen molar-refractivity contribution >= 4 is 45.5 Å². The quantitative estimate of drug-likeness (QED) is 0.123. The molecule has 5 N–H and O–H groups in total. The van der Waals surface area contributed by atoms with E-state index in [4.69, 9.17) is 9.47 Å². The second-order valence-electron chi connectivity index (χ2n) is 14.6. The second kappa shape index (κ2) is 17.2. The molecule has 51 heavy (non-hydrogen) atoms. The van der Waals surface area contributed by atoms with Crippen molar-refractivity contribution in [3.8, 4) is 0 Å². The normalized spacial score (nSPS) is 13.5. The molecule has 0 spiro atoms. The van der Waals surface area contributed by atoms with Crippen molar-refractivity contribution in [3.63, 3.8) is 0 Å². The Morgan fingerprint density at radius 3 is 1.47 bits per heavy atom. The van der Waals surface area contributed by atoms with Gasteiger partial charge in [-0.2, -0.15) is 0 Å². The fourth-order valence-electron chi connectivity index (χ4n) is 5.52. The number of hydrogen-bond donors (Lipinski definition) is 5. The van der Waals surface area contributed by atoms with Crippen LogP contribution < -0.4 is 21.3 Å². The summed E-state index contributed by atoms with van der Waals surface area (Å²) < 4.78 is 10.8. The van der Waals surface area contributed by atoms with E-state index < -0.39 is 59.9 Å². The Bertz CT molecular complexity index is 1830. The number of nitrogens with one attached hydrogen (secondary N) is 4. The summed E-state index contributed by atoms with van der Waals surface area (Å²) in [5.41, 5.74) is 0.142. The Morgan fingerprint density at radius 2 is 1.04 bits per heavy atom. The number of carbonyl (C=O) groups is 4. The highest BCUT2D eigenvalue weighted by Crippen LogP contribution is 2.19. The van der Waals surface area contributed by atoms with Gasteiger partial charge >= 0.3 is 12.2 Å². The predicted octanol–water partition coefficient (Wildman–Crippen LogP) is 5.55. The predicted molar refractivity (Wildman–Crippen MR) is 198 cm³/mol. The molecule has 3 unspecified atom stereocenters. The Labute approximate surface area is 299 Å². The number of amides is 4. The summed E-state index contributed by atoms with van der Waals surface area (Å²) in [6, 6.07) is 24.7. The van der Waals surface area contributed by atoms with Crippen molar-refractivity contribution in [2.75, 3.05) is 13.2 Å². The molecular weight excluding hydrogens is 648 g/mol. The lowest BCUT2D eigenvalue weighted by Gasteiger charge is -2.25. The van der Waals surface area contributed by atoms with Crippen molar-refractivity contribution in [2.45, 2.75) is 90.1 Å². The zero-order chi connectivity index (χ0) is 37.2. The van der Waals surface area contributed by atoms with Gasteiger partial charge in [0.2, 0.25) is 11.8 Å².